The lowest BCUT2D eigenvalue weighted by atomic mass is 10.1. The van der Waals surface area contributed by atoms with Gasteiger partial charge in [-0.2, -0.15) is 0 Å². The monoisotopic (exact) mass is 304 g/mol. The van der Waals surface area contributed by atoms with Gasteiger partial charge in [0.15, 0.2) is 0 Å². The third-order valence-electron chi connectivity index (χ3n) is 3.46. The molecule has 21 heavy (non-hydrogen) atoms. The second-order valence-electron chi connectivity index (χ2n) is 4.82. The van der Waals surface area contributed by atoms with Crippen molar-refractivity contribution >= 4 is 28.7 Å². The predicted octanol–water partition coefficient (Wildman–Crippen LogP) is 3.60. The van der Waals surface area contributed by atoms with E-state index in [1.54, 1.807) is 17.4 Å². The highest BCUT2D eigenvalue weighted by molar-refractivity contribution is 7.10. The van der Waals surface area contributed by atoms with Crippen molar-refractivity contribution in [3.8, 4) is 0 Å². The largest absolute Gasteiger partial charge is 0.465 e. The van der Waals surface area contributed by atoms with Crippen LogP contribution in [0.5, 0.6) is 0 Å². The molecular formula is C16H20N2O2S. The third-order valence-corrected chi connectivity index (χ3v) is 4.43. The lowest BCUT2D eigenvalue weighted by Gasteiger charge is -2.12. The number of carbonyl (C=O) groups excluding carboxylic acids is 1. The van der Waals surface area contributed by atoms with Crippen LogP contribution in [-0.2, 0) is 17.7 Å². The molecule has 1 aromatic carbocycles. The Morgan fingerprint density at radius 3 is 2.86 bits per heavy atom. The molecule has 0 radical (unpaired) electrons. The summed E-state index contributed by atoms with van der Waals surface area (Å²) in [5.41, 5.74) is 9.90. The number of rotatable bonds is 5. The second-order valence-corrected chi connectivity index (χ2v) is 5.82. The molecule has 0 bridgehead atoms. The van der Waals surface area contributed by atoms with E-state index in [-0.39, 0.29) is 0 Å². The molecule has 2 rings (SSSR count). The Hall–Kier alpha value is -2.01. The van der Waals surface area contributed by atoms with Crippen molar-refractivity contribution in [2.24, 2.45) is 0 Å². The van der Waals surface area contributed by atoms with Gasteiger partial charge in [0.2, 0.25) is 0 Å². The maximum absolute atomic E-state index is 11.7. The van der Waals surface area contributed by atoms with Gasteiger partial charge in [0, 0.05) is 22.8 Å². The number of thiophene rings is 1. The van der Waals surface area contributed by atoms with E-state index in [0.29, 0.717) is 11.3 Å². The number of hydrogen-bond acceptors (Lipinski definition) is 5. The molecule has 1 heterocycles. The number of nitrogen functional groups attached to an aromatic ring is 1. The zero-order chi connectivity index (χ0) is 15.4. The lowest BCUT2D eigenvalue weighted by Crippen LogP contribution is -2.09. The van der Waals surface area contributed by atoms with Gasteiger partial charge < -0.3 is 15.8 Å². The van der Waals surface area contributed by atoms with Crippen molar-refractivity contribution < 1.29 is 9.53 Å². The molecule has 0 fully saturated rings. The molecule has 0 aliphatic heterocycles. The van der Waals surface area contributed by atoms with Crippen molar-refractivity contribution in [2.75, 3.05) is 18.2 Å². The van der Waals surface area contributed by atoms with Crippen molar-refractivity contribution in [3.05, 3.63) is 45.1 Å². The summed E-state index contributed by atoms with van der Waals surface area (Å²) in [5.74, 6) is -0.412. The summed E-state index contributed by atoms with van der Waals surface area (Å²) in [6, 6.07) is 5.84. The SMILES string of the molecule is CCc1ccsc1CNc1cc(C)c(N)c(C(=O)OC)c1. The molecule has 5 heteroatoms. The number of nitrogens with two attached hydrogens (primary N) is 1. The fraction of sp³-hybridized carbons (Fsp3) is 0.312. The van der Waals surface area contributed by atoms with Gasteiger partial charge >= 0.3 is 5.97 Å². The number of esters is 1. The Labute approximate surface area is 128 Å². The first-order valence-corrected chi connectivity index (χ1v) is 7.72. The summed E-state index contributed by atoms with van der Waals surface area (Å²) >= 11 is 1.74. The standard InChI is InChI=1S/C16H20N2O2S/c1-4-11-5-6-21-14(11)9-18-12-7-10(2)15(17)13(8-12)16(19)20-3/h5-8,18H,4,9,17H2,1-3H3. The van der Waals surface area contributed by atoms with Gasteiger partial charge in [-0.15, -0.1) is 11.3 Å². The van der Waals surface area contributed by atoms with Crippen LogP contribution in [0.2, 0.25) is 0 Å². The lowest BCUT2D eigenvalue weighted by molar-refractivity contribution is 0.0602. The molecule has 4 nitrogen and oxygen atoms in total. The number of benzene rings is 1. The van der Waals surface area contributed by atoms with Gasteiger partial charge in [-0.05, 0) is 48.1 Å². The molecule has 0 spiro atoms. The minimum atomic E-state index is -0.412. The second kappa shape index (κ2) is 6.63. The summed E-state index contributed by atoms with van der Waals surface area (Å²) in [7, 11) is 1.36. The minimum Gasteiger partial charge on any atom is -0.465 e. The van der Waals surface area contributed by atoms with Crippen LogP contribution in [0.3, 0.4) is 0 Å². The average molecular weight is 304 g/mol. The van der Waals surface area contributed by atoms with Crippen LogP contribution in [-0.4, -0.2) is 13.1 Å². The quantitative estimate of drug-likeness (QED) is 0.654. The fourth-order valence-electron chi connectivity index (χ4n) is 2.20. The number of anilines is 2. The Morgan fingerprint density at radius 2 is 2.19 bits per heavy atom. The van der Waals surface area contributed by atoms with Gasteiger partial charge in [-0.3, -0.25) is 0 Å². The van der Waals surface area contributed by atoms with Crippen LogP contribution < -0.4 is 11.1 Å². The number of aryl methyl sites for hydroxylation is 2. The van der Waals surface area contributed by atoms with Gasteiger partial charge in [0.05, 0.1) is 12.7 Å². The van der Waals surface area contributed by atoms with E-state index >= 15 is 0 Å². The van der Waals surface area contributed by atoms with Crippen LogP contribution in [0.4, 0.5) is 11.4 Å². The molecule has 0 aliphatic rings. The van der Waals surface area contributed by atoms with Crippen molar-refractivity contribution in [1.82, 2.24) is 0 Å². The summed E-state index contributed by atoms with van der Waals surface area (Å²) in [5, 5.41) is 5.46. The Balaban J connectivity index is 2.21. The molecule has 0 atom stereocenters. The van der Waals surface area contributed by atoms with Crippen molar-refractivity contribution in [2.45, 2.75) is 26.8 Å². The summed E-state index contributed by atoms with van der Waals surface area (Å²) in [6.07, 6.45) is 1.02. The van der Waals surface area contributed by atoms with E-state index in [4.69, 9.17) is 10.5 Å². The summed E-state index contributed by atoms with van der Waals surface area (Å²) in [4.78, 5) is 13.1. The topological polar surface area (TPSA) is 64.3 Å². The summed E-state index contributed by atoms with van der Waals surface area (Å²) in [6.45, 7) is 4.77. The van der Waals surface area contributed by atoms with Crippen LogP contribution in [0.25, 0.3) is 0 Å². The maximum Gasteiger partial charge on any atom is 0.340 e. The van der Waals surface area contributed by atoms with Crippen LogP contribution >= 0.6 is 11.3 Å². The van der Waals surface area contributed by atoms with E-state index in [2.05, 4.69) is 23.7 Å². The highest BCUT2D eigenvalue weighted by Gasteiger charge is 2.13. The van der Waals surface area contributed by atoms with E-state index in [1.807, 2.05) is 13.0 Å². The predicted molar refractivity (Wildman–Crippen MR) is 88.0 cm³/mol. The van der Waals surface area contributed by atoms with E-state index in [0.717, 1.165) is 24.2 Å². The molecular weight excluding hydrogens is 284 g/mol. The molecule has 0 saturated carbocycles. The zero-order valence-corrected chi connectivity index (χ0v) is 13.3. The first kappa shape index (κ1) is 15.4. The van der Waals surface area contributed by atoms with E-state index in [1.165, 1.54) is 17.6 Å². The Kier molecular flexibility index (Phi) is 4.85. The molecule has 0 unspecified atom stereocenters. The number of nitrogens with one attached hydrogen (secondary N) is 1. The van der Waals surface area contributed by atoms with Crippen LogP contribution in [0.15, 0.2) is 23.6 Å². The van der Waals surface area contributed by atoms with Crippen LogP contribution in [0, 0.1) is 6.92 Å². The summed E-state index contributed by atoms with van der Waals surface area (Å²) < 4.78 is 4.77. The average Bonchev–Trinajstić information content (AvgIpc) is 2.95. The normalized spacial score (nSPS) is 10.4. The number of methoxy groups -OCH3 is 1. The van der Waals surface area contributed by atoms with Crippen molar-refractivity contribution in [1.29, 1.82) is 0 Å². The molecule has 112 valence electrons. The minimum absolute atomic E-state index is 0.405. The van der Waals surface area contributed by atoms with Gasteiger partial charge in [0.25, 0.3) is 0 Å². The van der Waals surface area contributed by atoms with Gasteiger partial charge in [-0.1, -0.05) is 6.92 Å². The molecule has 2 aromatic rings. The van der Waals surface area contributed by atoms with Crippen LogP contribution in [0.1, 0.15) is 33.3 Å². The van der Waals surface area contributed by atoms with Crippen molar-refractivity contribution in [3.63, 3.8) is 0 Å². The first-order valence-electron chi connectivity index (χ1n) is 6.84. The highest BCUT2D eigenvalue weighted by Crippen LogP contribution is 2.25. The molecule has 1 aromatic heterocycles. The zero-order valence-electron chi connectivity index (χ0n) is 12.5. The first-order chi connectivity index (χ1) is 10.1. The van der Waals surface area contributed by atoms with Gasteiger partial charge in [0.1, 0.15) is 0 Å². The Bertz CT molecular complexity index is 650. The molecule has 0 aliphatic carbocycles. The van der Waals surface area contributed by atoms with Gasteiger partial charge in [-0.25, -0.2) is 4.79 Å². The maximum atomic E-state index is 11.7. The highest BCUT2D eigenvalue weighted by atomic mass is 32.1. The smallest absolute Gasteiger partial charge is 0.340 e. The number of carbonyl (C=O) groups is 1. The molecule has 0 amide bonds. The van der Waals surface area contributed by atoms with E-state index in [9.17, 15) is 4.79 Å². The fourth-order valence-corrected chi connectivity index (χ4v) is 3.11. The Morgan fingerprint density at radius 1 is 1.43 bits per heavy atom. The van der Waals surface area contributed by atoms with E-state index < -0.39 is 5.97 Å². The molecule has 3 N–H and O–H groups in total. The third kappa shape index (κ3) is 3.36. The number of hydrogen-bond donors (Lipinski definition) is 2. The molecule has 0 saturated heterocycles. The number of ether oxygens (including phenoxy) is 1.